The third kappa shape index (κ3) is 2.50. The van der Waals surface area contributed by atoms with Crippen molar-refractivity contribution in [3.63, 3.8) is 0 Å². The maximum Gasteiger partial charge on any atom is 0.0678 e. The van der Waals surface area contributed by atoms with E-state index in [1.807, 2.05) is 18.2 Å². The molecule has 0 bridgehead atoms. The van der Waals surface area contributed by atoms with Crippen molar-refractivity contribution >= 4 is 34.5 Å². The average Bonchev–Trinajstić information content (AvgIpc) is 2.57. The van der Waals surface area contributed by atoms with Crippen LogP contribution in [0.25, 0.3) is 0 Å². The molecule has 1 heterocycles. The van der Waals surface area contributed by atoms with Crippen LogP contribution in [0.3, 0.4) is 0 Å². The van der Waals surface area contributed by atoms with Gasteiger partial charge in [-0.1, -0.05) is 29.3 Å². The highest BCUT2D eigenvalue weighted by Crippen LogP contribution is 2.36. The molecule has 0 aliphatic carbocycles. The first kappa shape index (κ1) is 12.9. The van der Waals surface area contributed by atoms with Crippen LogP contribution in [0, 0.1) is 13.8 Å². The maximum atomic E-state index is 6.27. The van der Waals surface area contributed by atoms with Gasteiger partial charge in [-0.15, -0.1) is 11.3 Å². The summed E-state index contributed by atoms with van der Waals surface area (Å²) in [5, 5.41) is 1.24. The predicted octanol–water partition coefficient (Wildman–Crippen LogP) is 4.72. The zero-order valence-corrected chi connectivity index (χ0v) is 12.0. The van der Waals surface area contributed by atoms with E-state index in [9.17, 15) is 0 Å². The quantitative estimate of drug-likeness (QED) is 0.849. The minimum atomic E-state index is -0.255. The van der Waals surface area contributed by atoms with Crippen LogP contribution in [0.4, 0.5) is 0 Å². The maximum absolute atomic E-state index is 6.27. The van der Waals surface area contributed by atoms with Gasteiger partial charge in [0.15, 0.2) is 0 Å². The van der Waals surface area contributed by atoms with E-state index in [1.165, 1.54) is 10.4 Å². The van der Waals surface area contributed by atoms with Crippen LogP contribution in [0.15, 0.2) is 24.3 Å². The number of benzene rings is 1. The first-order valence-corrected chi connectivity index (χ1v) is 6.84. The van der Waals surface area contributed by atoms with E-state index in [1.54, 1.807) is 11.3 Å². The first-order chi connectivity index (χ1) is 8.00. The van der Waals surface area contributed by atoms with Crippen molar-refractivity contribution in [3.05, 3.63) is 55.2 Å². The lowest BCUT2D eigenvalue weighted by Crippen LogP contribution is -2.12. The monoisotopic (exact) mass is 285 g/mol. The Kier molecular flexibility index (Phi) is 3.79. The van der Waals surface area contributed by atoms with E-state index in [4.69, 9.17) is 28.9 Å². The molecule has 1 aromatic heterocycles. The van der Waals surface area contributed by atoms with Crippen molar-refractivity contribution in [2.45, 2.75) is 19.9 Å². The fraction of sp³-hybridized carbons (Fsp3) is 0.231. The second-order valence-electron chi connectivity index (χ2n) is 4.02. The lowest BCUT2D eigenvalue weighted by Gasteiger charge is -2.15. The van der Waals surface area contributed by atoms with E-state index in [-0.39, 0.29) is 6.04 Å². The molecule has 0 aliphatic heterocycles. The van der Waals surface area contributed by atoms with E-state index in [2.05, 4.69) is 19.9 Å². The van der Waals surface area contributed by atoms with E-state index >= 15 is 0 Å². The molecule has 0 saturated carbocycles. The van der Waals surface area contributed by atoms with Crippen LogP contribution in [0.2, 0.25) is 10.0 Å². The minimum absolute atomic E-state index is 0.255. The number of hydrogen-bond acceptors (Lipinski definition) is 2. The summed E-state index contributed by atoms with van der Waals surface area (Å²) in [6.07, 6.45) is 0. The standard InChI is InChI=1S/C13H13Cl2NS/c1-7-6-8(2)17-13(7)12(16)11-9(14)4-3-5-10(11)15/h3-6,12H,16H2,1-2H3. The highest BCUT2D eigenvalue weighted by Gasteiger charge is 2.19. The zero-order chi connectivity index (χ0) is 12.6. The third-order valence-electron chi connectivity index (χ3n) is 2.67. The zero-order valence-electron chi connectivity index (χ0n) is 9.63. The molecule has 1 unspecified atom stereocenters. The molecule has 0 aliphatic rings. The van der Waals surface area contributed by atoms with E-state index < -0.39 is 0 Å². The molecular formula is C13H13Cl2NS. The highest BCUT2D eigenvalue weighted by molar-refractivity contribution is 7.12. The summed E-state index contributed by atoms with van der Waals surface area (Å²) in [5.41, 5.74) is 8.27. The summed E-state index contributed by atoms with van der Waals surface area (Å²) in [7, 11) is 0. The molecule has 0 saturated heterocycles. The minimum Gasteiger partial charge on any atom is -0.320 e. The average molecular weight is 286 g/mol. The van der Waals surface area contributed by atoms with Crippen molar-refractivity contribution in [1.82, 2.24) is 0 Å². The van der Waals surface area contributed by atoms with Crippen LogP contribution in [0.5, 0.6) is 0 Å². The normalized spacial score (nSPS) is 12.8. The Morgan fingerprint density at radius 1 is 1.18 bits per heavy atom. The molecule has 2 N–H and O–H groups in total. The second-order valence-corrected chi connectivity index (χ2v) is 6.12. The molecule has 0 amide bonds. The lowest BCUT2D eigenvalue weighted by molar-refractivity contribution is 0.886. The van der Waals surface area contributed by atoms with Gasteiger partial charge < -0.3 is 5.73 Å². The molecule has 0 fully saturated rings. The number of halogens is 2. The summed E-state index contributed by atoms with van der Waals surface area (Å²) in [6.45, 7) is 4.13. The molecule has 1 atom stereocenters. The third-order valence-corrected chi connectivity index (χ3v) is 4.57. The molecule has 2 rings (SSSR count). The Morgan fingerprint density at radius 2 is 1.76 bits per heavy atom. The summed E-state index contributed by atoms with van der Waals surface area (Å²) in [6, 6.07) is 7.34. The number of nitrogens with two attached hydrogens (primary N) is 1. The Bertz CT molecular complexity index is 528. The summed E-state index contributed by atoms with van der Waals surface area (Å²) in [5.74, 6) is 0. The van der Waals surface area contributed by atoms with Gasteiger partial charge in [0.25, 0.3) is 0 Å². The van der Waals surface area contributed by atoms with Gasteiger partial charge in [0, 0.05) is 25.4 Å². The van der Waals surface area contributed by atoms with Crippen molar-refractivity contribution in [2.24, 2.45) is 5.73 Å². The molecule has 17 heavy (non-hydrogen) atoms. The van der Waals surface area contributed by atoms with Gasteiger partial charge in [-0.3, -0.25) is 0 Å². The van der Waals surface area contributed by atoms with Crippen LogP contribution in [0.1, 0.15) is 26.9 Å². The lowest BCUT2D eigenvalue weighted by atomic mass is 10.0. The van der Waals surface area contributed by atoms with Gasteiger partial charge in [-0.05, 0) is 37.6 Å². The Balaban J connectivity index is 2.51. The van der Waals surface area contributed by atoms with Crippen LogP contribution in [-0.4, -0.2) is 0 Å². The summed E-state index contributed by atoms with van der Waals surface area (Å²) >= 11 is 14.0. The van der Waals surface area contributed by atoms with Crippen molar-refractivity contribution in [1.29, 1.82) is 0 Å². The largest absolute Gasteiger partial charge is 0.320 e. The van der Waals surface area contributed by atoms with E-state index in [0.717, 1.165) is 10.4 Å². The van der Waals surface area contributed by atoms with Gasteiger partial charge in [-0.25, -0.2) is 0 Å². The summed E-state index contributed by atoms with van der Waals surface area (Å²) in [4.78, 5) is 2.37. The van der Waals surface area contributed by atoms with Crippen molar-refractivity contribution in [3.8, 4) is 0 Å². The second kappa shape index (κ2) is 4.99. The van der Waals surface area contributed by atoms with Gasteiger partial charge in [0.05, 0.1) is 6.04 Å². The van der Waals surface area contributed by atoms with E-state index in [0.29, 0.717) is 10.0 Å². The Labute approximate surface area is 115 Å². The van der Waals surface area contributed by atoms with Gasteiger partial charge >= 0.3 is 0 Å². The fourth-order valence-electron chi connectivity index (χ4n) is 1.91. The predicted molar refractivity (Wildman–Crippen MR) is 76.3 cm³/mol. The van der Waals surface area contributed by atoms with Crippen LogP contribution >= 0.6 is 34.5 Å². The number of rotatable bonds is 2. The molecule has 4 heteroatoms. The topological polar surface area (TPSA) is 26.0 Å². The number of hydrogen-bond donors (Lipinski definition) is 1. The van der Waals surface area contributed by atoms with Crippen LogP contribution in [-0.2, 0) is 0 Å². The van der Waals surface area contributed by atoms with Crippen LogP contribution < -0.4 is 5.73 Å². The fourth-order valence-corrected chi connectivity index (χ4v) is 3.59. The Morgan fingerprint density at radius 3 is 2.24 bits per heavy atom. The molecule has 90 valence electrons. The van der Waals surface area contributed by atoms with Crippen molar-refractivity contribution in [2.75, 3.05) is 0 Å². The number of thiophene rings is 1. The smallest absolute Gasteiger partial charge is 0.0678 e. The highest BCUT2D eigenvalue weighted by atomic mass is 35.5. The van der Waals surface area contributed by atoms with Crippen molar-refractivity contribution < 1.29 is 0 Å². The van der Waals surface area contributed by atoms with Gasteiger partial charge in [-0.2, -0.15) is 0 Å². The molecule has 0 radical (unpaired) electrons. The molecule has 0 spiro atoms. The molecular weight excluding hydrogens is 273 g/mol. The number of aryl methyl sites for hydroxylation is 2. The first-order valence-electron chi connectivity index (χ1n) is 5.27. The summed E-state index contributed by atoms with van der Waals surface area (Å²) < 4.78 is 0. The van der Waals surface area contributed by atoms with Gasteiger partial charge in [0.2, 0.25) is 0 Å². The Hall–Kier alpha value is -0.540. The SMILES string of the molecule is Cc1cc(C)c(C(N)c2c(Cl)cccc2Cl)s1. The molecule has 1 aromatic carbocycles. The van der Waals surface area contributed by atoms with Gasteiger partial charge in [0.1, 0.15) is 0 Å². The molecule has 1 nitrogen and oxygen atoms in total. The molecule has 2 aromatic rings.